The van der Waals surface area contributed by atoms with Crippen LogP contribution in [0.5, 0.6) is 0 Å². The second-order valence-electron chi connectivity index (χ2n) is 9.05. The number of anilines is 1. The number of carbonyl (C=O) groups excluding carboxylic acids is 2. The van der Waals surface area contributed by atoms with Crippen molar-refractivity contribution in [2.45, 2.75) is 38.3 Å². The van der Waals surface area contributed by atoms with Gasteiger partial charge in [-0.25, -0.2) is 0 Å². The van der Waals surface area contributed by atoms with Crippen LogP contribution in [0.2, 0.25) is 0 Å². The summed E-state index contributed by atoms with van der Waals surface area (Å²) in [6.45, 7) is 3.74. The van der Waals surface area contributed by atoms with Crippen molar-refractivity contribution in [2.24, 2.45) is 17.3 Å². The summed E-state index contributed by atoms with van der Waals surface area (Å²) in [5, 5.41) is 10.0. The lowest BCUT2D eigenvalue weighted by molar-refractivity contribution is -0.139. The van der Waals surface area contributed by atoms with E-state index in [1.54, 1.807) is 0 Å². The van der Waals surface area contributed by atoms with Crippen LogP contribution in [0.25, 0.3) is 0 Å². The maximum absolute atomic E-state index is 12.9. The lowest BCUT2D eigenvalue weighted by Gasteiger charge is -2.60. The standard InChI is InChI=1S/C21H30N4O2/c1-20-9-8-14(12-16(20)19(27)22-10-11-25(2)3)21(13-20)23-17-7-5-4-6-15(17)18(26)24-21/h4-7,14,16,23H,8-13H2,1-3H3,(H,22,27)(H,24,26)/t14-,16-,20+,21+/m1/s1. The summed E-state index contributed by atoms with van der Waals surface area (Å²) in [5.41, 5.74) is 1.07. The predicted octanol–water partition coefficient (Wildman–Crippen LogP) is 2.04. The lowest BCUT2D eigenvalue weighted by atomic mass is 9.51. The van der Waals surface area contributed by atoms with Crippen molar-refractivity contribution in [3.8, 4) is 0 Å². The number of carbonyl (C=O) groups is 2. The van der Waals surface area contributed by atoms with E-state index in [1.807, 2.05) is 38.4 Å². The number of para-hydroxylation sites is 1. The first-order chi connectivity index (χ1) is 12.8. The van der Waals surface area contributed by atoms with Crippen LogP contribution in [0.3, 0.4) is 0 Å². The molecular weight excluding hydrogens is 340 g/mol. The van der Waals surface area contributed by atoms with Crippen molar-refractivity contribution >= 4 is 17.5 Å². The first kappa shape index (κ1) is 18.3. The molecule has 6 nitrogen and oxygen atoms in total. The molecule has 0 saturated heterocycles. The molecule has 1 aromatic rings. The van der Waals surface area contributed by atoms with Crippen molar-refractivity contribution in [2.75, 3.05) is 32.5 Å². The van der Waals surface area contributed by atoms with Crippen molar-refractivity contribution < 1.29 is 9.59 Å². The molecule has 2 amide bonds. The Morgan fingerprint density at radius 3 is 2.81 bits per heavy atom. The Morgan fingerprint density at radius 1 is 1.30 bits per heavy atom. The highest BCUT2D eigenvalue weighted by molar-refractivity contribution is 6.02. The van der Waals surface area contributed by atoms with Gasteiger partial charge in [-0.2, -0.15) is 0 Å². The number of likely N-dealkylation sites (N-methyl/N-ethyl adjacent to an activating group) is 1. The zero-order valence-electron chi connectivity index (χ0n) is 16.5. The van der Waals surface area contributed by atoms with E-state index in [-0.39, 0.29) is 29.1 Å². The molecule has 0 unspecified atom stereocenters. The number of amides is 2. The molecule has 4 aliphatic rings. The summed E-state index contributed by atoms with van der Waals surface area (Å²) in [7, 11) is 4.02. The molecule has 6 heteroatoms. The van der Waals surface area contributed by atoms with E-state index in [1.165, 1.54) is 0 Å². The van der Waals surface area contributed by atoms with Gasteiger partial charge in [-0.15, -0.1) is 0 Å². The monoisotopic (exact) mass is 370 g/mol. The van der Waals surface area contributed by atoms with Gasteiger partial charge in [-0.05, 0) is 57.3 Å². The zero-order valence-corrected chi connectivity index (χ0v) is 16.5. The van der Waals surface area contributed by atoms with Crippen molar-refractivity contribution in [1.29, 1.82) is 0 Å². The van der Waals surface area contributed by atoms with Crippen molar-refractivity contribution in [3.05, 3.63) is 29.8 Å². The minimum absolute atomic E-state index is 0.00696. The molecule has 3 aliphatic carbocycles. The van der Waals surface area contributed by atoms with Gasteiger partial charge in [0.15, 0.2) is 0 Å². The third-order valence-corrected chi connectivity index (χ3v) is 6.85. The molecule has 27 heavy (non-hydrogen) atoms. The maximum Gasteiger partial charge on any atom is 0.255 e. The Morgan fingerprint density at radius 2 is 2.07 bits per heavy atom. The second kappa shape index (κ2) is 6.51. The van der Waals surface area contributed by atoms with Crippen LogP contribution in [0.15, 0.2) is 24.3 Å². The molecule has 5 rings (SSSR count). The van der Waals surface area contributed by atoms with Crippen LogP contribution in [0, 0.1) is 17.3 Å². The molecule has 0 aromatic heterocycles. The first-order valence-electron chi connectivity index (χ1n) is 9.95. The van der Waals surface area contributed by atoms with Gasteiger partial charge < -0.3 is 20.9 Å². The fourth-order valence-electron chi connectivity index (χ4n) is 5.38. The highest BCUT2D eigenvalue weighted by Gasteiger charge is 2.60. The maximum atomic E-state index is 12.9. The topological polar surface area (TPSA) is 73.5 Å². The quantitative estimate of drug-likeness (QED) is 0.758. The number of rotatable bonds is 4. The summed E-state index contributed by atoms with van der Waals surface area (Å²) < 4.78 is 0. The van der Waals surface area contributed by atoms with Gasteiger partial charge in [0.25, 0.3) is 5.91 Å². The Bertz CT molecular complexity index is 764. The largest absolute Gasteiger partial charge is 0.362 e. The van der Waals surface area contributed by atoms with E-state index in [0.717, 1.165) is 37.9 Å². The molecule has 146 valence electrons. The predicted molar refractivity (Wildman–Crippen MR) is 105 cm³/mol. The molecule has 1 aliphatic heterocycles. The minimum atomic E-state index is -0.432. The summed E-state index contributed by atoms with van der Waals surface area (Å²) >= 11 is 0. The Hall–Kier alpha value is -2.08. The average molecular weight is 370 g/mol. The Labute approximate surface area is 161 Å². The van der Waals surface area contributed by atoms with Crippen LogP contribution in [0.4, 0.5) is 5.69 Å². The zero-order chi connectivity index (χ0) is 19.2. The average Bonchev–Trinajstić information content (AvgIpc) is 2.60. The number of fused-ring (bicyclic) bond motifs is 3. The van der Waals surface area contributed by atoms with Gasteiger partial charge in [0, 0.05) is 30.6 Å². The number of nitrogens with zero attached hydrogens (tertiary/aromatic N) is 1. The van der Waals surface area contributed by atoms with Gasteiger partial charge in [0.1, 0.15) is 5.66 Å². The fraction of sp³-hybridized carbons (Fsp3) is 0.619. The molecule has 3 fully saturated rings. The molecular formula is C21H30N4O2. The summed E-state index contributed by atoms with van der Waals surface area (Å²) in [5.74, 6) is 0.440. The molecule has 3 N–H and O–H groups in total. The molecule has 1 spiro atoms. The van der Waals surface area contributed by atoms with Crippen LogP contribution in [0.1, 0.15) is 43.0 Å². The molecule has 2 bridgehead atoms. The molecule has 1 heterocycles. The van der Waals surface area contributed by atoms with Gasteiger partial charge in [-0.3, -0.25) is 9.59 Å². The highest BCUT2D eigenvalue weighted by Crippen LogP contribution is 2.58. The van der Waals surface area contributed by atoms with E-state index in [9.17, 15) is 9.59 Å². The Kier molecular flexibility index (Phi) is 4.41. The normalized spacial score (nSPS) is 34.1. The molecule has 4 atom stereocenters. The molecule has 1 aromatic carbocycles. The van der Waals surface area contributed by atoms with Crippen LogP contribution >= 0.6 is 0 Å². The lowest BCUT2D eigenvalue weighted by Crippen LogP contribution is -2.70. The van der Waals surface area contributed by atoms with Crippen LogP contribution in [-0.2, 0) is 4.79 Å². The van der Waals surface area contributed by atoms with Crippen LogP contribution < -0.4 is 16.0 Å². The fourth-order valence-corrected chi connectivity index (χ4v) is 5.38. The van der Waals surface area contributed by atoms with Crippen molar-refractivity contribution in [3.63, 3.8) is 0 Å². The first-order valence-corrected chi connectivity index (χ1v) is 9.95. The van der Waals surface area contributed by atoms with Gasteiger partial charge in [-0.1, -0.05) is 19.1 Å². The van der Waals surface area contributed by atoms with Gasteiger partial charge >= 0.3 is 0 Å². The molecule has 3 saturated carbocycles. The molecule has 0 radical (unpaired) electrons. The summed E-state index contributed by atoms with van der Waals surface area (Å²) in [4.78, 5) is 27.7. The van der Waals surface area contributed by atoms with E-state index in [0.29, 0.717) is 12.1 Å². The van der Waals surface area contributed by atoms with Crippen molar-refractivity contribution in [1.82, 2.24) is 15.5 Å². The van der Waals surface area contributed by atoms with Gasteiger partial charge in [0.05, 0.1) is 5.56 Å². The SMILES string of the molecule is CN(C)CCNC(=O)[C@H]1C[C@H]2CC[C@@]1(C)C[C@]21NC(=O)c2ccccc2N1. The smallest absolute Gasteiger partial charge is 0.255 e. The van der Waals surface area contributed by atoms with E-state index in [4.69, 9.17) is 0 Å². The number of hydrogen-bond acceptors (Lipinski definition) is 4. The Balaban J connectivity index is 1.53. The van der Waals surface area contributed by atoms with Gasteiger partial charge in [0.2, 0.25) is 5.91 Å². The number of nitrogens with one attached hydrogen (secondary N) is 3. The second-order valence-corrected chi connectivity index (χ2v) is 9.05. The number of benzene rings is 1. The van der Waals surface area contributed by atoms with E-state index < -0.39 is 5.66 Å². The minimum Gasteiger partial charge on any atom is -0.362 e. The van der Waals surface area contributed by atoms with E-state index in [2.05, 4.69) is 27.8 Å². The third kappa shape index (κ3) is 3.10. The highest BCUT2D eigenvalue weighted by atomic mass is 16.2. The summed E-state index contributed by atoms with van der Waals surface area (Å²) in [6.07, 6.45) is 3.67. The van der Waals surface area contributed by atoms with E-state index >= 15 is 0 Å². The third-order valence-electron chi connectivity index (χ3n) is 6.85. The van der Waals surface area contributed by atoms with Crippen LogP contribution in [-0.4, -0.2) is 49.6 Å². The number of hydrogen-bond donors (Lipinski definition) is 3. The summed E-state index contributed by atoms with van der Waals surface area (Å²) in [6, 6.07) is 7.68.